The highest BCUT2D eigenvalue weighted by molar-refractivity contribution is 5.59. The first kappa shape index (κ1) is 7.81. The van der Waals surface area contributed by atoms with Crippen molar-refractivity contribution in [2.75, 3.05) is 0 Å². The Kier molecular flexibility index (Phi) is 1.51. The van der Waals surface area contributed by atoms with Crippen molar-refractivity contribution in [1.82, 2.24) is 0 Å². The zero-order valence-corrected chi connectivity index (χ0v) is 8.20. The van der Waals surface area contributed by atoms with Crippen LogP contribution in [0.4, 0.5) is 0 Å². The van der Waals surface area contributed by atoms with Crippen molar-refractivity contribution in [2.45, 2.75) is 12.8 Å². The molecule has 0 bridgehead atoms. The molecule has 0 heteroatoms. The van der Waals surface area contributed by atoms with Gasteiger partial charge in [0.1, 0.15) is 0 Å². The number of rotatable bonds is 1. The first-order valence-electron chi connectivity index (χ1n) is 5.01. The first-order valence-corrected chi connectivity index (χ1v) is 5.01. The summed E-state index contributed by atoms with van der Waals surface area (Å²) >= 11 is 0. The minimum Gasteiger partial charge on any atom is -0.0619 e. The average molecular weight is 180 g/mol. The predicted octanol–water partition coefficient (Wildman–Crippen LogP) is 3.49. The highest BCUT2D eigenvalue weighted by Gasteiger charge is 2.32. The lowest BCUT2D eigenvalue weighted by Gasteiger charge is -1.98. The molecule has 0 saturated heterocycles. The lowest BCUT2D eigenvalue weighted by molar-refractivity contribution is 1.20. The highest BCUT2D eigenvalue weighted by Crippen LogP contribution is 2.47. The van der Waals surface area contributed by atoms with E-state index in [2.05, 4.69) is 55.5 Å². The van der Waals surface area contributed by atoms with Gasteiger partial charge in [-0.25, -0.2) is 0 Å². The molecule has 0 atom stereocenters. The standard InChI is InChI=1S/C14H12/c1-10-6-8-11(9-7-10)14-12-4-2-3-5-13(12)14/h2-9,14H,1H3. The van der Waals surface area contributed by atoms with Crippen LogP contribution in [0.2, 0.25) is 0 Å². The molecular formula is C14H12. The van der Waals surface area contributed by atoms with Crippen molar-refractivity contribution in [1.29, 1.82) is 0 Å². The van der Waals surface area contributed by atoms with E-state index in [0.717, 1.165) is 0 Å². The molecule has 0 heterocycles. The summed E-state index contributed by atoms with van der Waals surface area (Å²) in [6.45, 7) is 2.13. The van der Waals surface area contributed by atoms with Gasteiger partial charge in [0, 0.05) is 5.92 Å². The number of benzene rings is 2. The van der Waals surface area contributed by atoms with Crippen LogP contribution in [-0.2, 0) is 0 Å². The Morgan fingerprint density at radius 3 is 1.93 bits per heavy atom. The van der Waals surface area contributed by atoms with Gasteiger partial charge >= 0.3 is 0 Å². The summed E-state index contributed by atoms with van der Waals surface area (Å²) < 4.78 is 0. The van der Waals surface area contributed by atoms with Crippen molar-refractivity contribution in [3.63, 3.8) is 0 Å². The zero-order valence-electron chi connectivity index (χ0n) is 8.20. The summed E-state index contributed by atoms with van der Waals surface area (Å²) in [6, 6.07) is 17.5. The smallest absolute Gasteiger partial charge is 0.0346 e. The molecule has 0 unspecified atom stereocenters. The Morgan fingerprint density at radius 2 is 1.36 bits per heavy atom. The van der Waals surface area contributed by atoms with Crippen molar-refractivity contribution in [3.05, 3.63) is 70.8 Å². The van der Waals surface area contributed by atoms with E-state index in [4.69, 9.17) is 0 Å². The van der Waals surface area contributed by atoms with Gasteiger partial charge < -0.3 is 0 Å². The Hall–Kier alpha value is -1.56. The molecule has 0 fully saturated rings. The Balaban J connectivity index is 1.98. The second-order valence-corrected chi connectivity index (χ2v) is 3.97. The molecule has 1 aliphatic carbocycles. The Bertz CT molecular complexity index is 443. The summed E-state index contributed by atoms with van der Waals surface area (Å²) in [6.07, 6.45) is 0. The number of hydrogen-bond acceptors (Lipinski definition) is 0. The molecule has 0 N–H and O–H groups in total. The van der Waals surface area contributed by atoms with Crippen LogP contribution >= 0.6 is 0 Å². The van der Waals surface area contributed by atoms with E-state index in [1.165, 1.54) is 22.3 Å². The molecule has 1 aliphatic rings. The number of aryl methyl sites for hydroxylation is 1. The average Bonchev–Trinajstić information content (AvgIpc) is 2.93. The molecule has 0 aliphatic heterocycles. The van der Waals surface area contributed by atoms with Gasteiger partial charge in [-0.2, -0.15) is 0 Å². The van der Waals surface area contributed by atoms with E-state index in [0.29, 0.717) is 5.92 Å². The molecule has 0 saturated carbocycles. The van der Waals surface area contributed by atoms with Crippen LogP contribution in [-0.4, -0.2) is 0 Å². The predicted molar refractivity (Wildman–Crippen MR) is 58.6 cm³/mol. The van der Waals surface area contributed by atoms with Gasteiger partial charge in [-0.3, -0.25) is 0 Å². The van der Waals surface area contributed by atoms with Crippen LogP contribution in [0.25, 0.3) is 0 Å². The molecule has 0 nitrogen and oxygen atoms in total. The maximum Gasteiger partial charge on any atom is 0.0346 e. The molecule has 2 aromatic rings. The lowest BCUT2D eigenvalue weighted by Crippen LogP contribution is -1.80. The summed E-state index contributed by atoms with van der Waals surface area (Å²) in [5.41, 5.74) is 5.75. The summed E-state index contributed by atoms with van der Waals surface area (Å²) in [5, 5.41) is 0. The van der Waals surface area contributed by atoms with E-state index >= 15 is 0 Å². The third kappa shape index (κ3) is 1.07. The molecule has 0 amide bonds. The largest absolute Gasteiger partial charge is 0.0619 e. The molecule has 2 aromatic carbocycles. The van der Waals surface area contributed by atoms with Crippen LogP contribution in [0.1, 0.15) is 28.2 Å². The van der Waals surface area contributed by atoms with E-state index < -0.39 is 0 Å². The normalized spacial score (nSPS) is 13.8. The molecule has 0 spiro atoms. The minimum absolute atomic E-state index is 0.589. The topological polar surface area (TPSA) is 0 Å². The molecule has 68 valence electrons. The van der Waals surface area contributed by atoms with Gasteiger partial charge in [-0.05, 0) is 23.6 Å². The Morgan fingerprint density at radius 1 is 0.786 bits per heavy atom. The summed E-state index contributed by atoms with van der Waals surface area (Å²) in [4.78, 5) is 0. The van der Waals surface area contributed by atoms with Crippen LogP contribution in [0, 0.1) is 6.92 Å². The number of fused-ring (bicyclic) bond motifs is 1. The summed E-state index contributed by atoms with van der Waals surface area (Å²) in [7, 11) is 0. The van der Waals surface area contributed by atoms with Crippen LogP contribution < -0.4 is 0 Å². The quantitative estimate of drug-likeness (QED) is 0.537. The maximum absolute atomic E-state index is 2.24. The van der Waals surface area contributed by atoms with Crippen molar-refractivity contribution >= 4 is 0 Å². The fourth-order valence-corrected chi connectivity index (χ4v) is 2.08. The fourth-order valence-electron chi connectivity index (χ4n) is 2.08. The third-order valence-corrected chi connectivity index (χ3v) is 2.95. The molecule has 14 heavy (non-hydrogen) atoms. The van der Waals surface area contributed by atoms with Crippen LogP contribution in [0.3, 0.4) is 0 Å². The second-order valence-electron chi connectivity index (χ2n) is 3.97. The van der Waals surface area contributed by atoms with Crippen molar-refractivity contribution < 1.29 is 0 Å². The molecule has 0 radical (unpaired) electrons. The number of hydrogen-bond donors (Lipinski definition) is 0. The monoisotopic (exact) mass is 180 g/mol. The molecule has 3 rings (SSSR count). The van der Waals surface area contributed by atoms with Crippen LogP contribution in [0.5, 0.6) is 0 Å². The van der Waals surface area contributed by atoms with Gasteiger partial charge in [-0.15, -0.1) is 0 Å². The van der Waals surface area contributed by atoms with Gasteiger partial charge in [0.25, 0.3) is 0 Å². The van der Waals surface area contributed by atoms with E-state index in [9.17, 15) is 0 Å². The van der Waals surface area contributed by atoms with E-state index in [1.807, 2.05) is 0 Å². The molecule has 0 aromatic heterocycles. The van der Waals surface area contributed by atoms with Gasteiger partial charge in [0.15, 0.2) is 0 Å². The van der Waals surface area contributed by atoms with Crippen LogP contribution in [0.15, 0.2) is 48.5 Å². The SMILES string of the molecule is Cc1ccc(C2c3ccccc32)cc1. The fraction of sp³-hybridized carbons (Fsp3) is 0.143. The highest BCUT2D eigenvalue weighted by atomic mass is 14.3. The van der Waals surface area contributed by atoms with Gasteiger partial charge in [0.05, 0.1) is 0 Å². The minimum atomic E-state index is 0.589. The second kappa shape index (κ2) is 2.71. The van der Waals surface area contributed by atoms with E-state index in [1.54, 1.807) is 0 Å². The molecular weight excluding hydrogens is 168 g/mol. The van der Waals surface area contributed by atoms with E-state index in [-0.39, 0.29) is 0 Å². The van der Waals surface area contributed by atoms with Crippen molar-refractivity contribution in [3.8, 4) is 0 Å². The Labute approximate surface area is 84.2 Å². The van der Waals surface area contributed by atoms with Gasteiger partial charge in [0.2, 0.25) is 0 Å². The van der Waals surface area contributed by atoms with Gasteiger partial charge in [-0.1, -0.05) is 54.1 Å². The van der Waals surface area contributed by atoms with Crippen molar-refractivity contribution in [2.24, 2.45) is 0 Å². The third-order valence-electron chi connectivity index (χ3n) is 2.95. The summed E-state index contributed by atoms with van der Waals surface area (Å²) in [5.74, 6) is 0.589. The maximum atomic E-state index is 2.24. The first-order chi connectivity index (χ1) is 6.86. The zero-order chi connectivity index (χ0) is 9.54. The lowest BCUT2D eigenvalue weighted by atomic mass is 10.1.